The Hall–Kier alpha value is -0.680. The van der Waals surface area contributed by atoms with E-state index in [9.17, 15) is 10.2 Å². The van der Waals surface area contributed by atoms with Gasteiger partial charge in [0.1, 0.15) is 0 Å². The zero-order chi connectivity index (χ0) is 21.8. The number of aliphatic hydroxyl groups excluding tert-OH is 2. The number of hydrogen-bond donors (Lipinski definition) is 2. The predicted octanol–water partition coefficient (Wildman–Crippen LogP) is 4.60. The van der Waals surface area contributed by atoms with Gasteiger partial charge in [-0.3, -0.25) is 0 Å². The normalized spacial score (nSPS) is 58.4. The quantitative estimate of drug-likeness (QED) is 0.554. The summed E-state index contributed by atoms with van der Waals surface area (Å²) < 4.78 is 13.2. The smallest absolute Gasteiger partial charge is 0.172 e. The Morgan fingerprint density at radius 3 is 2.68 bits per heavy atom. The van der Waals surface area contributed by atoms with E-state index in [4.69, 9.17) is 9.47 Å². The van der Waals surface area contributed by atoms with Crippen molar-refractivity contribution in [1.82, 2.24) is 0 Å². The standard InChI is InChI=1S/C27H40O4/c1-15-7-10-27(30-14-15)16(2)24-22(31-27)13-21-19-6-5-17-11-18(28)12-23(29)26(17,4)20(19)8-9-25(21,24)3/h5,16,18-24,28-29H,1,6-14H2,2-4H3/t16-,18-,19+,20+,21-,22-,23+,24-,25-,26-,27+/m0/s1. The third kappa shape index (κ3) is 2.62. The molecule has 0 unspecified atom stereocenters. The summed E-state index contributed by atoms with van der Waals surface area (Å²) in [5.74, 6) is 2.35. The summed E-state index contributed by atoms with van der Waals surface area (Å²) in [4.78, 5) is 0. The van der Waals surface area contributed by atoms with Gasteiger partial charge in [-0.2, -0.15) is 0 Å². The largest absolute Gasteiger partial charge is 0.393 e. The van der Waals surface area contributed by atoms with E-state index in [2.05, 4.69) is 33.4 Å². The molecule has 31 heavy (non-hydrogen) atoms. The second kappa shape index (κ2) is 6.68. The molecule has 6 aliphatic rings. The Morgan fingerprint density at radius 2 is 1.94 bits per heavy atom. The van der Waals surface area contributed by atoms with E-state index in [0.29, 0.717) is 48.7 Å². The van der Waals surface area contributed by atoms with Crippen LogP contribution in [0.3, 0.4) is 0 Å². The molecule has 0 amide bonds. The first-order valence-electron chi connectivity index (χ1n) is 12.7. The number of aliphatic hydroxyl groups is 2. The summed E-state index contributed by atoms with van der Waals surface area (Å²) in [6, 6.07) is 0. The van der Waals surface area contributed by atoms with Crippen molar-refractivity contribution in [3.05, 3.63) is 23.8 Å². The van der Waals surface area contributed by atoms with Crippen LogP contribution in [0, 0.1) is 40.4 Å². The topological polar surface area (TPSA) is 58.9 Å². The highest BCUT2D eigenvalue weighted by atomic mass is 16.7. The Balaban J connectivity index is 1.30. The van der Waals surface area contributed by atoms with Crippen LogP contribution in [0.4, 0.5) is 0 Å². The molecule has 1 spiro atoms. The molecule has 5 fully saturated rings. The highest BCUT2D eigenvalue weighted by Gasteiger charge is 2.69. The van der Waals surface area contributed by atoms with Crippen LogP contribution in [0.5, 0.6) is 0 Å². The van der Waals surface area contributed by atoms with Crippen LogP contribution in [-0.2, 0) is 9.47 Å². The molecule has 172 valence electrons. The van der Waals surface area contributed by atoms with Crippen LogP contribution < -0.4 is 0 Å². The minimum Gasteiger partial charge on any atom is -0.393 e. The molecule has 2 aliphatic heterocycles. The van der Waals surface area contributed by atoms with E-state index in [1.807, 2.05) is 0 Å². The Labute approximate surface area is 187 Å². The second-order valence-electron chi connectivity index (χ2n) is 12.3. The third-order valence-corrected chi connectivity index (χ3v) is 11.2. The lowest BCUT2D eigenvalue weighted by Crippen LogP contribution is -2.56. The molecule has 0 aromatic carbocycles. The van der Waals surface area contributed by atoms with Crippen molar-refractivity contribution < 1.29 is 19.7 Å². The van der Waals surface area contributed by atoms with Crippen molar-refractivity contribution in [2.45, 2.75) is 96.2 Å². The number of allylic oxidation sites excluding steroid dienone is 1. The minimum atomic E-state index is -0.428. The van der Waals surface area contributed by atoms with E-state index < -0.39 is 11.9 Å². The lowest BCUT2D eigenvalue weighted by molar-refractivity contribution is -0.255. The zero-order valence-corrected chi connectivity index (χ0v) is 19.5. The molecule has 2 heterocycles. The fraction of sp³-hybridized carbons (Fsp3) is 0.852. The zero-order valence-electron chi connectivity index (χ0n) is 19.5. The SMILES string of the molecule is C=C1CC[C@@]2(OC1)O[C@H]1C[C@H]3[C@@H]4CC=C5C[C@H](O)C[C@@H](O)[C@]5(C)[C@@H]4CC[C@]3(C)[C@H]1[C@@H]2C. The number of rotatable bonds is 0. The first-order valence-corrected chi connectivity index (χ1v) is 12.7. The Morgan fingerprint density at radius 1 is 1.13 bits per heavy atom. The first-order chi connectivity index (χ1) is 14.7. The molecule has 4 aliphatic carbocycles. The first kappa shape index (κ1) is 20.9. The summed E-state index contributed by atoms with van der Waals surface area (Å²) in [5, 5.41) is 21.4. The highest BCUT2D eigenvalue weighted by Crippen LogP contribution is 2.70. The molecule has 2 saturated heterocycles. The van der Waals surface area contributed by atoms with Gasteiger partial charge < -0.3 is 19.7 Å². The van der Waals surface area contributed by atoms with Crippen LogP contribution in [-0.4, -0.2) is 40.9 Å². The molecule has 3 saturated carbocycles. The van der Waals surface area contributed by atoms with Crippen LogP contribution >= 0.6 is 0 Å². The van der Waals surface area contributed by atoms with Crippen molar-refractivity contribution in [2.24, 2.45) is 40.4 Å². The molecule has 4 heteroatoms. The molecule has 0 bridgehead atoms. The van der Waals surface area contributed by atoms with Crippen molar-refractivity contribution in [3.8, 4) is 0 Å². The van der Waals surface area contributed by atoms with Gasteiger partial charge in [0.2, 0.25) is 0 Å². The summed E-state index contributed by atoms with van der Waals surface area (Å²) in [6.07, 6.45) is 9.75. The maximum absolute atomic E-state index is 11.1. The number of hydrogen-bond acceptors (Lipinski definition) is 4. The van der Waals surface area contributed by atoms with Gasteiger partial charge in [0.25, 0.3) is 0 Å². The second-order valence-corrected chi connectivity index (χ2v) is 12.3. The molecule has 2 N–H and O–H groups in total. The van der Waals surface area contributed by atoms with E-state index in [1.54, 1.807) is 0 Å². The highest BCUT2D eigenvalue weighted by molar-refractivity contribution is 5.28. The molecule has 0 aromatic rings. The van der Waals surface area contributed by atoms with Crippen LogP contribution in [0.25, 0.3) is 0 Å². The van der Waals surface area contributed by atoms with E-state index in [-0.39, 0.29) is 16.9 Å². The average molecular weight is 429 g/mol. The number of fused-ring (bicyclic) bond motifs is 7. The van der Waals surface area contributed by atoms with Gasteiger partial charge in [0, 0.05) is 24.2 Å². The van der Waals surface area contributed by atoms with Crippen molar-refractivity contribution >= 4 is 0 Å². The molecule has 0 radical (unpaired) electrons. The van der Waals surface area contributed by atoms with Crippen molar-refractivity contribution in [3.63, 3.8) is 0 Å². The van der Waals surface area contributed by atoms with Gasteiger partial charge in [0.05, 0.1) is 24.9 Å². The van der Waals surface area contributed by atoms with Crippen LogP contribution in [0.2, 0.25) is 0 Å². The maximum Gasteiger partial charge on any atom is 0.172 e. The molecule has 0 aromatic heterocycles. The summed E-state index contributed by atoms with van der Waals surface area (Å²) in [6.45, 7) is 12.0. The fourth-order valence-corrected chi connectivity index (χ4v) is 9.55. The van der Waals surface area contributed by atoms with Gasteiger partial charge in [-0.05, 0) is 67.6 Å². The molecular weight excluding hydrogens is 388 g/mol. The average Bonchev–Trinajstić information content (AvgIpc) is 3.16. The van der Waals surface area contributed by atoms with Crippen LogP contribution in [0.15, 0.2) is 23.8 Å². The van der Waals surface area contributed by atoms with Crippen LogP contribution in [0.1, 0.15) is 72.1 Å². The third-order valence-electron chi connectivity index (χ3n) is 11.2. The van der Waals surface area contributed by atoms with Gasteiger partial charge in [0.15, 0.2) is 5.79 Å². The van der Waals surface area contributed by atoms with Crippen molar-refractivity contribution in [2.75, 3.05) is 6.61 Å². The van der Waals surface area contributed by atoms with E-state index in [1.165, 1.54) is 24.0 Å². The van der Waals surface area contributed by atoms with Gasteiger partial charge in [-0.25, -0.2) is 0 Å². The molecule has 4 nitrogen and oxygen atoms in total. The van der Waals surface area contributed by atoms with Gasteiger partial charge >= 0.3 is 0 Å². The molecule has 11 atom stereocenters. The Bertz CT molecular complexity index is 808. The monoisotopic (exact) mass is 428 g/mol. The lowest BCUT2D eigenvalue weighted by atomic mass is 9.46. The van der Waals surface area contributed by atoms with Gasteiger partial charge in [-0.15, -0.1) is 0 Å². The summed E-state index contributed by atoms with van der Waals surface area (Å²) in [5.41, 5.74) is 2.63. The lowest BCUT2D eigenvalue weighted by Gasteiger charge is -2.59. The fourth-order valence-electron chi connectivity index (χ4n) is 9.55. The van der Waals surface area contributed by atoms with E-state index >= 15 is 0 Å². The molecular formula is C27H40O4. The maximum atomic E-state index is 11.1. The van der Waals surface area contributed by atoms with Crippen molar-refractivity contribution in [1.29, 1.82) is 0 Å². The van der Waals surface area contributed by atoms with E-state index in [0.717, 1.165) is 32.1 Å². The van der Waals surface area contributed by atoms with Gasteiger partial charge in [-0.1, -0.05) is 44.6 Å². The summed E-state index contributed by atoms with van der Waals surface area (Å²) in [7, 11) is 0. The minimum absolute atomic E-state index is 0.165. The molecule has 6 rings (SSSR count). The number of ether oxygens (including phenoxy) is 2. The Kier molecular flexibility index (Phi) is 4.50. The predicted molar refractivity (Wildman–Crippen MR) is 119 cm³/mol. The summed E-state index contributed by atoms with van der Waals surface area (Å²) >= 11 is 0.